The molecule has 0 bridgehead atoms. The molecule has 0 atom stereocenters. The fourth-order valence-corrected chi connectivity index (χ4v) is 1.53. The third-order valence-corrected chi connectivity index (χ3v) is 3.04. The van der Waals surface area contributed by atoms with Crippen molar-refractivity contribution in [1.82, 2.24) is 0 Å². The highest BCUT2D eigenvalue weighted by Gasteiger charge is 2.33. The van der Waals surface area contributed by atoms with E-state index in [1.807, 2.05) is 0 Å². The van der Waals surface area contributed by atoms with E-state index < -0.39 is 23.4 Å². The summed E-state index contributed by atoms with van der Waals surface area (Å²) >= 11 is 3.04. The van der Waals surface area contributed by atoms with Crippen LogP contribution in [-0.2, 0) is 4.79 Å². The second-order valence-electron chi connectivity index (χ2n) is 4.73. The van der Waals surface area contributed by atoms with Gasteiger partial charge in [-0.2, -0.15) is 0 Å². The third kappa shape index (κ3) is 4.68. The summed E-state index contributed by atoms with van der Waals surface area (Å²) in [6.45, 7) is 3.24. The van der Waals surface area contributed by atoms with Gasteiger partial charge in [-0.1, -0.05) is 15.9 Å². The number of carbonyl (C=O) groups excluding carboxylic acids is 1. The monoisotopic (exact) mass is 354 g/mol. The first kappa shape index (κ1) is 16.8. The Hall–Kier alpha value is -1.28. The number of halogens is 4. The zero-order chi connectivity index (χ0) is 15.6. The number of rotatable bonds is 4. The van der Waals surface area contributed by atoms with E-state index in [-0.39, 0.29) is 12.2 Å². The summed E-state index contributed by atoms with van der Waals surface area (Å²) in [5.41, 5.74) is 4.47. The summed E-state index contributed by atoms with van der Waals surface area (Å²) in [5.74, 6) is -0.984. The lowest BCUT2D eigenvalue weighted by atomic mass is 9.92. The van der Waals surface area contributed by atoms with Crippen molar-refractivity contribution in [1.29, 1.82) is 0 Å². The first-order valence-corrected chi connectivity index (χ1v) is 6.41. The van der Waals surface area contributed by atoms with Gasteiger partial charge >= 0.3 is 6.36 Å². The SMILES string of the molecule is CC(C)(CN)C(=O)Nc1ccc(Br)cc1OC(F)(F)F. The van der Waals surface area contributed by atoms with Crippen molar-refractivity contribution >= 4 is 27.5 Å². The van der Waals surface area contributed by atoms with Gasteiger partial charge in [-0.05, 0) is 32.0 Å². The summed E-state index contributed by atoms with van der Waals surface area (Å²) in [4.78, 5) is 11.9. The zero-order valence-electron chi connectivity index (χ0n) is 10.8. The Morgan fingerprint density at radius 3 is 2.50 bits per heavy atom. The summed E-state index contributed by atoms with van der Waals surface area (Å²) in [6, 6.07) is 3.93. The number of anilines is 1. The summed E-state index contributed by atoms with van der Waals surface area (Å²) in [7, 11) is 0. The van der Waals surface area contributed by atoms with Crippen molar-refractivity contribution in [3.05, 3.63) is 22.7 Å². The fourth-order valence-electron chi connectivity index (χ4n) is 1.19. The van der Waals surface area contributed by atoms with E-state index in [1.54, 1.807) is 13.8 Å². The van der Waals surface area contributed by atoms with Crippen LogP contribution in [0.25, 0.3) is 0 Å². The van der Waals surface area contributed by atoms with Crippen molar-refractivity contribution < 1.29 is 22.7 Å². The number of ether oxygens (including phenoxy) is 1. The van der Waals surface area contributed by atoms with Crippen LogP contribution in [0.1, 0.15) is 13.8 Å². The van der Waals surface area contributed by atoms with E-state index >= 15 is 0 Å². The second kappa shape index (κ2) is 6.01. The van der Waals surface area contributed by atoms with E-state index in [0.717, 1.165) is 6.07 Å². The lowest BCUT2D eigenvalue weighted by Gasteiger charge is -2.22. The predicted octanol–water partition coefficient (Wildman–Crippen LogP) is 3.27. The van der Waals surface area contributed by atoms with E-state index in [9.17, 15) is 18.0 Å². The van der Waals surface area contributed by atoms with Gasteiger partial charge in [-0.3, -0.25) is 4.79 Å². The molecule has 4 nitrogen and oxygen atoms in total. The van der Waals surface area contributed by atoms with Crippen LogP contribution in [0.4, 0.5) is 18.9 Å². The van der Waals surface area contributed by atoms with E-state index in [0.29, 0.717) is 4.47 Å². The Bertz CT molecular complexity index is 504. The Morgan fingerprint density at radius 1 is 1.40 bits per heavy atom. The van der Waals surface area contributed by atoms with Gasteiger partial charge in [0, 0.05) is 11.0 Å². The van der Waals surface area contributed by atoms with Crippen LogP contribution in [0.15, 0.2) is 22.7 Å². The van der Waals surface area contributed by atoms with E-state index in [1.165, 1.54) is 12.1 Å². The molecule has 0 aliphatic carbocycles. The molecule has 0 saturated heterocycles. The first-order chi connectivity index (χ1) is 9.05. The molecule has 0 aliphatic heterocycles. The lowest BCUT2D eigenvalue weighted by molar-refractivity contribution is -0.274. The van der Waals surface area contributed by atoms with Gasteiger partial charge < -0.3 is 15.8 Å². The smallest absolute Gasteiger partial charge is 0.404 e. The molecule has 0 fully saturated rings. The Kier molecular flexibility index (Phi) is 5.04. The number of hydrogen-bond acceptors (Lipinski definition) is 3. The Balaban J connectivity index is 3.04. The van der Waals surface area contributed by atoms with Gasteiger partial charge in [-0.15, -0.1) is 13.2 Å². The van der Waals surface area contributed by atoms with Gasteiger partial charge in [-0.25, -0.2) is 0 Å². The topological polar surface area (TPSA) is 64.4 Å². The minimum absolute atomic E-state index is 0.0603. The Labute approximate surface area is 122 Å². The average molecular weight is 355 g/mol. The molecule has 8 heteroatoms. The van der Waals surface area contributed by atoms with E-state index in [4.69, 9.17) is 5.73 Å². The Morgan fingerprint density at radius 2 is 2.00 bits per heavy atom. The number of benzene rings is 1. The van der Waals surface area contributed by atoms with Gasteiger partial charge in [0.2, 0.25) is 5.91 Å². The lowest BCUT2D eigenvalue weighted by Crippen LogP contribution is -2.37. The van der Waals surface area contributed by atoms with Crippen LogP contribution in [0.5, 0.6) is 5.75 Å². The maximum Gasteiger partial charge on any atom is 0.573 e. The fraction of sp³-hybridized carbons (Fsp3) is 0.417. The minimum Gasteiger partial charge on any atom is -0.404 e. The van der Waals surface area contributed by atoms with Gasteiger partial charge in [0.05, 0.1) is 11.1 Å². The van der Waals surface area contributed by atoms with Crippen molar-refractivity contribution in [2.45, 2.75) is 20.2 Å². The number of nitrogens with two attached hydrogens (primary N) is 1. The minimum atomic E-state index is -4.84. The molecule has 0 heterocycles. The molecule has 0 aromatic heterocycles. The standard InChI is InChI=1S/C12H14BrF3N2O2/c1-11(2,6-17)10(19)18-8-4-3-7(13)5-9(8)20-12(14,15)16/h3-5H,6,17H2,1-2H3,(H,18,19). The van der Waals surface area contributed by atoms with Crippen molar-refractivity contribution in [3.63, 3.8) is 0 Å². The maximum atomic E-state index is 12.3. The summed E-state index contributed by atoms with van der Waals surface area (Å²) < 4.78 is 41.2. The highest BCUT2D eigenvalue weighted by molar-refractivity contribution is 9.10. The molecule has 0 unspecified atom stereocenters. The number of amides is 1. The zero-order valence-corrected chi connectivity index (χ0v) is 12.4. The molecule has 112 valence electrons. The largest absolute Gasteiger partial charge is 0.573 e. The molecule has 1 aromatic rings. The van der Waals surface area contributed by atoms with Crippen LogP contribution in [-0.4, -0.2) is 18.8 Å². The molecule has 1 amide bonds. The first-order valence-electron chi connectivity index (χ1n) is 5.62. The van der Waals surface area contributed by atoms with Crippen molar-refractivity contribution in [2.75, 3.05) is 11.9 Å². The summed E-state index contributed by atoms with van der Waals surface area (Å²) in [6.07, 6.45) is -4.84. The maximum absolute atomic E-state index is 12.3. The molecule has 0 aliphatic rings. The average Bonchev–Trinajstić information content (AvgIpc) is 2.30. The molecule has 0 radical (unpaired) electrons. The van der Waals surface area contributed by atoms with Gasteiger partial charge in [0.15, 0.2) is 5.75 Å². The van der Waals surface area contributed by atoms with E-state index in [2.05, 4.69) is 26.0 Å². The molecule has 0 spiro atoms. The van der Waals surface area contributed by atoms with Gasteiger partial charge in [0.1, 0.15) is 0 Å². The predicted molar refractivity (Wildman–Crippen MR) is 72.3 cm³/mol. The van der Waals surface area contributed by atoms with Gasteiger partial charge in [0.25, 0.3) is 0 Å². The van der Waals surface area contributed by atoms with Crippen LogP contribution in [0.2, 0.25) is 0 Å². The quantitative estimate of drug-likeness (QED) is 0.871. The second-order valence-corrected chi connectivity index (χ2v) is 5.65. The molecule has 20 heavy (non-hydrogen) atoms. The molecule has 1 rings (SSSR count). The summed E-state index contributed by atoms with van der Waals surface area (Å²) in [5, 5.41) is 2.39. The normalized spacial score (nSPS) is 12.2. The number of nitrogens with one attached hydrogen (secondary N) is 1. The van der Waals surface area contributed by atoms with Crippen LogP contribution >= 0.6 is 15.9 Å². The van der Waals surface area contributed by atoms with Crippen LogP contribution < -0.4 is 15.8 Å². The third-order valence-electron chi connectivity index (χ3n) is 2.54. The number of alkyl halides is 3. The molecular formula is C12H14BrF3N2O2. The molecule has 1 aromatic carbocycles. The molecule has 3 N–H and O–H groups in total. The highest BCUT2D eigenvalue weighted by Crippen LogP contribution is 2.33. The van der Waals surface area contributed by atoms with Crippen molar-refractivity contribution in [3.8, 4) is 5.75 Å². The van der Waals surface area contributed by atoms with Crippen LogP contribution in [0, 0.1) is 5.41 Å². The highest BCUT2D eigenvalue weighted by atomic mass is 79.9. The number of carbonyl (C=O) groups is 1. The molecule has 0 saturated carbocycles. The number of hydrogen-bond donors (Lipinski definition) is 2. The molecular weight excluding hydrogens is 341 g/mol. The van der Waals surface area contributed by atoms with Crippen LogP contribution in [0.3, 0.4) is 0 Å². The van der Waals surface area contributed by atoms with Crippen molar-refractivity contribution in [2.24, 2.45) is 11.1 Å².